The van der Waals surface area contributed by atoms with Gasteiger partial charge < -0.3 is 4.57 Å². The monoisotopic (exact) mass is 711 g/mol. The Morgan fingerprint density at radius 2 is 0.873 bits per heavy atom. The molecule has 0 aliphatic rings. The van der Waals surface area contributed by atoms with Crippen LogP contribution in [0.15, 0.2) is 206 Å². The van der Waals surface area contributed by atoms with Crippen LogP contribution in [-0.2, 0) is 0 Å². The van der Waals surface area contributed by atoms with Gasteiger partial charge in [0.05, 0.1) is 23.4 Å². The molecule has 8 aromatic carbocycles. The summed E-state index contributed by atoms with van der Waals surface area (Å²) < 4.78 is 79.8. The molecule has 0 N–H and O–H groups in total. The Balaban J connectivity index is 1.16. The molecule has 0 saturated carbocycles. The Kier molecular flexibility index (Phi) is 6.04. The highest BCUT2D eigenvalue weighted by atomic mass is 15.0. The molecule has 55 heavy (non-hydrogen) atoms. The summed E-state index contributed by atoms with van der Waals surface area (Å²) >= 11 is 0. The van der Waals surface area contributed by atoms with Crippen LogP contribution in [0.5, 0.6) is 0 Å². The van der Waals surface area contributed by atoms with E-state index in [0.29, 0.717) is 39.6 Å². The predicted octanol–water partition coefficient (Wildman–Crippen LogP) is 13.0. The van der Waals surface area contributed by atoms with Crippen molar-refractivity contribution in [2.24, 2.45) is 0 Å². The minimum atomic E-state index is -0.533. The van der Waals surface area contributed by atoms with Crippen molar-refractivity contribution < 1.29 is 12.3 Å². The van der Waals surface area contributed by atoms with E-state index in [9.17, 15) is 0 Å². The van der Waals surface area contributed by atoms with Gasteiger partial charge in [0.25, 0.3) is 0 Å². The van der Waals surface area contributed by atoms with Gasteiger partial charge in [0.2, 0.25) is 0 Å². The predicted molar refractivity (Wildman–Crippen MR) is 227 cm³/mol. The first-order chi connectivity index (χ1) is 31.0. The second kappa shape index (κ2) is 13.8. The number of para-hydroxylation sites is 1. The van der Waals surface area contributed by atoms with E-state index in [4.69, 9.17) is 27.3 Å². The van der Waals surface area contributed by atoms with Crippen LogP contribution in [-0.4, -0.2) is 19.5 Å². The molecule has 0 fully saturated rings. The molecule has 0 aliphatic carbocycles. The average molecular weight is 712 g/mol. The molecule has 4 nitrogen and oxygen atoms in total. The van der Waals surface area contributed by atoms with Crippen molar-refractivity contribution in [2.45, 2.75) is 0 Å². The summed E-state index contributed by atoms with van der Waals surface area (Å²) in [6.45, 7) is 0. The Morgan fingerprint density at radius 3 is 1.58 bits per heavy atom. The van der Waals surface area contributed by atoms with E-state index >= 15 is 0 Å². The topological polar surface area (TPSA) is 43.6 Å². The summed E-state index contributed by atoms with van der Waals surface area (Å²) in [5, 5.41) is 0.490. The van der Waals surface area contributed by atoms with Gasteiger partial charge in [-0.25, -0.2) is 15.0 Å². The summed E-state index contributed by atoms with van der Waals surface area (Å²) in [7, 11) is 0. The van der Waals surface area contributed by atoms with Gasteiger partial charge in [0.15, 0.2) is 17.5 Å². The Morgan fingerprint density at radius 1 is 0.345 bits per heavy atom. The normalized spacial score (nSPS) is 13.6. The minimum Gasteiger partial charge on any atom is -0.309 e. The third kappa shape index (κ3) is 5.96. The number of hydrogen-bond acceptors (Lipinski definition) is 3. The zero-order valence-electron chi connectivity index (χ0n) is 38.2. The van der Waals surface area contributed by atoms with Crippen LogP contribution in [0.3, 0.4) is 0 Å². The van der Waals surface area contributed by atoms with Crippen LogP contribution in [0.1, 0.15) is 12.3 Å². The second-order valence-corrected chi connectivity index (χ2v) is 13.0. The van der Waals surface area contributed by atoms with Crippen molar-refractivity contribution >= 4 is 21.8 Å². The highest BCUT2D eigenvalue weighted by molar-refractivity contribution is 6.15. The number of aromatic nitrogens is 4. The van der Waals surface area contributed by atoms with E-state index in [-0.39, 0.29) is 34.1 Å². The molecule has 10 aromatic rings. The van der Waals surface area contributed by atoms with Crippen molar-refractivity contribution in [1.29, 1.82) is 0 Å². The largest absolute Gasteiger partial charge is 0.309 e. The summed E-state index contributed by atoms with van der Waals surface area (Å²) in [6.07, 6.45) is 0. The van der Waals surface area contributed by atoms with Crippen LogP contribution in [0.2, 0.25) is 0 Å². The van der Waals surface area contributed by atoms with E-state index < -0.39 is 42.3 Å². The lowest BCUT2D eigenvalue weighted by atomic mass is 9.99. The maximum atomic E-state index is 9.14. The molecule has 4 heteroatoms. The average Bonchev–Trinajstić information content (AvgIpc) is 3.70. The standard InChI is InChI=1S/C51H34N4/c1-4-15-35(16-5-1)36-27-29-39(30-28-36)49-52-50(54-51(53-49)44-22-11-10-21-42(44)37-17-6-2-7-18-37)40-31-33-41(34-32-40)55-46-25-13-12-23-45(46)48-43(24-14-26-47(48)55)38-19-8-3-9-20-38/h1-34H/i3D,8D,9D,12D,13D,19D,20D,23D,25D. The first-order valence-corrected chi connectivity index (χ1v) is 17.8. The van der Waals surface area contributed by atoms with Gasteiger partial charge in [0.1, 0.15) is 0 Å². The Bertz CT molecular complexity index is 3440. The Labute approximate surface area is 332 Å². The number of fused-ring (bicyclic) bond motifs is 3. The minimum absolute atomic E-state index is 0.0663. The molecule has 0 atom stereocenters. The lowest BCUT2D eigenvalue weighted by Gasteiger charge is -2.13. The third-order valence-electron chi connectivity index (χ3n) is 9.72. The second-order valence-electron chi connectivity index (χ2n) is 13.0. The molecular formula is C51H34N4. The van der Waals surface area contributed by atoms with Crippen molar-refractivity contribution in [2.75, 3.05) is 0 Å². The molecule has 0 radical (unpaired) electrons. The quantitative estimate of drug-likeness (QED) is 0.165. The molecule has 2 aromatic heterocycles. The van der Waals surface area contributed by atoms with Crippen LogP contribution in [0, 0.1) is 0 Å². The van der Waals surface area contributed by atoms with Gasteiger partial charge in [-0.2, -0.15) is 0 Å². The van der Waals surface area contributed by atoms with E-state index in [1.54, 1.807) is 22.8 Å². The van der Waals surface area contributed by atoms with Gasteiger partial charge in [-0.05, 0) is 69.8 Å². The third-order valence-corrected chi connectivity index (χ3v) is 9.72. The van der Waals surface area contributed by atoms with E-state index in [1.807, 2.05) is 121 Å². The Hall–Kier alpha value is -7.43. The molecule has 0 amide bonds. The first kappa shape index (κ1) is 24.0. The molecule has 2 heterocycles. The SMILES string of the molecule is [2H]c1c([2H])c([2H])c(-c2cccc3c2c2c([2H])c([2H])c([2H])c([2H])c2n3-c2ccc(-c3nc(-c4ccc(-c5ccccc5)cc4)nc(-c4ccccc4-c4ccccc4)n3)cc2)c([2H])c1[2H]. The van der Waals surface area contributed by atoms with E-state index in [1.165, 1.54) is 0 Å². The lowest BCUT2D eigenvalue weighted by molar-refractivity contribution is 1.07. The maximum Gasteiger partial charge on any atom is 0.164 e. The number of nitrogens with zero attached hydrogens (tertiary/aromatic N) is 4. The van der Waals surface area contributed by atoms with Crippen LogP contribution in [0.4, 0.5) is 0 Å². The van der Waals surface area contributed by atoms with Crippen LogP contribution < -0.4 is 0 Å². The smallest absolute Gasteiger partial charge is 0.164 e. The highest BCUT2D eigenvalue weighted by Crippen LogP contribution is 2.39. The van der Waals surface area contributed by atoms with Crippen molar-refractivity contribution in [3.63, 3.8) is 0 Å². The summed E-state index contributed by atoms with van der Waals surface area (Å²) in [5.41, 5.74) is 7.76. The van der Waals surface area contributed by atoms with Crippen LogP contribution in [0.25, 0.3) is 95.0 Å². The number of benzene rings is 8. The fourth-order valence-electron chi connectivity index (χ4n) is 7.13. The zero-order valence-corrected chi connectivity index (χ0v) is 29.2. The van der Waals surface area contributed by atoms with Crippen LogP contribution >= 0.6 is 0 Å². The number of hydrogen-bond donors (Lipinski definition) is 0. The molecule has 0 aliphatic heterocycles. The van der Waals surface area contributed by atoms with Gasteiger partial charge in [-0.15, -0.1) is 0 Å². The first-order valence-electron chi connectivity index (χ1n) is 22.3. The zero-order chi connectivity index (χ0) is 44.4. The van der Waals surface area contributed by atoms with Crippen molar-refractivity contribution in [3.8, 4) is 73.2 Å². The number of rotatable bonds is 7. The van der Waals surface area contributed by atoms with Crippen molar-refractivity contribution in [1.82, 2.24) is 19.5 Å². The van der Waals surface area contributed by atoms with Gasteiger partial charge in [-0.1, -0.05) is 170 Å². The van der Waals surface area contributed by atoms with Crippen molar-refractivity contribution in [3.05, 3.63) is 206 Å². The van der Waals surface area contributed by atoms with E-state index in [2.05, 4.69) is 12.1 Å². The summed E-state index contributed by atoms with van der Waals surface area (Å²) in [6, 6.07) is 44.8. The maximum absolute atomic E-state index is 9.14. The molecule has 258 valence electrons. The lowest BCUT2D eigenvalue weighted by Crippen LogP contribution is -2.01. The molecule has 10 rings (SSSR count). The van der Waals surface area contributed by atoms with E-state index in [0.717, 1.165) is 33.4 Å². The molecule has 0 bridgehead atoms. The highest BCUT2D eigenvalue weighted by Gasteiger charge is 2.18. The van der Waals surface area contributed by atoms with Gasteiger partial charge in [-0.3, -0.25) is 0 Å². The van der Waals surface area contributed by atoms with Gasteiger partial charge in [0, 0.05) is 33.2 Å². The fourth-order valence-corrected chi connectivity index (χ4v) is 7.13. The summed E-state index contributed by atoms with van der Waals surface area (Å²) in [5.74, 6) is 1.37. The summed E-state index contributed by atoms with van der Waals surface area (Å²) in [4.78, 5) is 15.1. The molecule has 0 saturated heterocycles. The molecular weight excluding hydrogens is 669 g/mol. The fraction of sp³-hybridized carbons (Fsp3) is 0. The molecule has 0 spiro atoms. The molecule has 0 unspecified atom stereocenters. The van der Waals surface area contributed by atoms with Gasteiger partial charge >= 0.3 is 0 Å².